The van der Waals surface area contributed by atoms with Gasteiger partial charge in [0.25, 0.3) is 0 Å². The lowest BCUT2D eigenvalue weighted by atomic mass is 10.1. The topological polar surface area (TPSA) is 94.9 Å². The van der Waals surface area contributed by atoms with Crippen molar-refractivity contribution in [1.29, 1.82) is 4.78 Å². The highest BCUT2D eigenvalue weighted by Crippen LogP contribution is 2.53. The van der Waals surface area contributed by atoms with Crippen LogP contribution < -0.4 is 19.1 Å². The number of phenols is 1. The van der Waals surface area contributed by atoms with E-state index in [1.807, 2.05) is 36.4 Å². The number of fused-ring (bicyclic) bond motifs is 2. The van der Waals surface area contributed by atoms with Crippen molar-refractivity contribution < 1.29 is 32.0 Å². The molecule has 1 aliphatic heterocycles. The first-order valence-electron chi connectivity index (χ1n) is 10.5. The zero-order chi connectivity index (χ0) is 25.5. The first-order chi connectivity index (χ1) is 17.1. The van der Waals surface area contributed by atoms with Crippen molar-refractivity contribution in [2.24, 2.45) is 0 Å². The van der Waals surface area contributed by atoms with E-state index >= 15 is 0 Å². The second kappa shape index (κ2) is 8.68. The van der Waals surface area contributed by atoms with Crippen molar-refractivity contribution >= 4 is 32.7 Å². The van der Waals surface area contributed by atoms with E-state index in [-0.39, 0.29) is 16.3 Å². The molecule has 1 heterocycles. The SMILES string of the molecule is N=S(=O)(Nc1cccc(N2c3ccccc3Oc3ccccc32)c1O)c1ccc(OC(F)(F)F)cc1. The van der Waals surface area contributed by atoms with E-state index in [2.05, 4.69) is 9.46 Å². The molecule has 1 unspecified atom stereocenters. The van der Waals surface area contributed by atoms with Gasteiger partial charge in [0.1, 0.15) is 5.75 Å². The Labute approximate surface area is 204 Å². The zero-order valence-corrected chi connectivity index (χ0v) is 19.1. The molecule has 36 heavy (non-hydrogen) atoms. The quantitative estimate of drug-likeness (QED) is 0.214. The average molecular weight is 513 g/mol. The van der Waals surface area contributed by atoms with Crippen LogP contribution in [-0.4, -0.2) is 15.7 Å². The van der Waals surface area contributed by atoms with E-state index in [0.29, 0.717) is 28.6 Å². The van der Waals surface area contributed by atoms with Gasteiger partial charge in [-0.3, -0.25) is 9.62 Å². The van der Waals surface area contributed by atoms with Crippen LogP contribution in [0, 0.1) is 4.78 Å². The van der Waals surface area contributed by atoms with Crippen molar-refractivity contribution in [1.82, 2.24) is 0 Å². The number of rotatable bonds is 5. The van der Waals surface area contributed by atoms with Crippen molar-refractivity contribution in [2.45, 2.75) is 11.3 Å². The molecule has 1 aliphatic rings. The zero-order valence-electron chi connectivity index (χ0n) is 18.3. The second-order valence-electron chi connectivity index (χ2n) is 7.72. The summed E-state index contributed by atoms with van der Waals surface area (Å²) < 4.78 is 71.0. The molecule has 0 aromatic heterocycles. The third kappa shape index (κ3) is 4.48. The molecule has 0 saturated heterocycles. The predicted octanol–water partition coefficient (Wildman–Crippen LogP) is 7.30. The lowest BCUT2D eigenvalue weighted by molar-refractivity contribution is -0.274. The van der Waals surface area contributed by atoms with Gasteiger partial charge < -0.3 is 14.6 Å². The van der Waals surface area contributed by atoms with Crippen LogP contribution in [0.25, 0.3) is 0 Å². The molecular formula is C25H18F3N3O4S. The van der Waals surface area contributed by atoms with Gasteiger partial charge >= 0.3 is 6.36 Å². The fourth-order valence-electron chi connectivity index (χ4n) is 3.81. The fraction of sp³-hybridized carbons (Fsp3) is 0.0400. The van der Waals surface area contributed by atoms with Gasteiger partial charge in [-0.25, -0.2) is 8.99 Å². The second-order valence-corrected chi connectivity index (χ2v) is 9.51. The molecule has 5 rings (SSSR count). The molecule has 0 saturated carbocycles. The summed E-state index contributed by atoms with van der Waals surface area (Å²) in [5.41, 5.74) is 1.67. The minimum atomic E-state index is -4.87. The van der Waals surface area contributed by atoms with Crippen molar-refractivity contribution in [3.05, 3.63) is 91.0 Å². The number of halogens is 3. The lowest BCUT2D eigenvalue weighted by Crippen LogP contribution is -2.17. The molecule has 4 aromatic rings. The highest BCUT2D eigenvalue weighted by molar-refractivity contribution is 7.93. The van der Waals surface area contributed by atoms with Gasteiger partial charge in [-0.15, -0.1) is 13.2 Å². The molecule has 3 N–H and O–H groups in total. The Bertz CT molecular complexity index is 1500. The van der Waals surface area contributed by atoms with E-state index < -0.39 is 22.0 Å². The summed E-state index contributed by atoms with van der Waals surface area (Å²) >= 11 is 0. The van der Waals surface area contributed by atoms with Crippen LogP contribution in [0.4, 0.5) is 35.9 Å². The number of para-hydroxylation sites is 5. The summed E-state index contributed by atoms with van der Waals surface area (Å²) in [4.78, 5) is 1.69. The van der Waals surface area contributed by atoms with Gasteiger partial charge in [0, 0.05) is 0 Å². The predicted molar refractivity (Wildman–Crippen MR) is 129 cm³/mol. The van der Waals surface area contributed by atoms with E-state index in [9.17, 15) is 22.5 Å². The van der Waals surface area contributed by atoms with Crippen LogP contribution >= 0.6 is 0 Å². The number of hydrogen-bond donors (Lipinski definition) is 3. The third-order valence-corrected chi connectivity index (χ3v) is 6.77. The lowest BCUT2D eigenvalue weighted by Gasteiger charge is -2.33. The van der Waals surface area contributed by atoms with Gasteiger partial charge in [-0.2, -0.15) is 0 Å². The van der Waals surface area contributed by atoms with Gasteiger partial charge in [0.2, 0.25) is 0 Å². The van der Waals surface area contributed by atoms with Crippen molar-refractivity contribution in [3.63, 3.8) is 0 Å². The first-order valence-corrected chi connectivity index (χ1v) is 12.1. The van der Waals surface area contributed by atoms with Crippen molar-refractivity contribution in [3.8, 4) is 23.0 Å². The Balaban J connectivity index is 1.50. The number of hydrogen-bond acceptors (Lipinski definition) is 6. The molecule has 0 radical (unpaired) electrons. The normalized spacial score (nSPS) is 14.1. The number of aromatic hydroxyl groups is 1. The molecule has 7 nitrogen and oxygen atoms in total. The number of phenolic OH excluding ortho intramolecular Hbond substituents is 1. The highest BCUT2D eigenvalue weighted by atomic mass is 32.2. The minimum Gasteiger partial charge on any atom is -0.504 e. The summed E-state index contributed by atoms with van der Waals surface area (Å²) in [6.07, 6.45) is -4.87. The van der Waals surface area contributed by atoms with Gasteiger partial charge in [0.15, 0.2) is 27.2 Å². The van der Waals surface area contributed by atoms with Crippen LogP contribution in [0.15, 0.2) is 95.9 Å². The minimum absolute atomic E-state index is 0.00423. The Morgan fingerprint density at radius 2 is 1.39 bits per heavy atom. The molecule has 0 bridgehead atoms. The maximum absolute atomic E-state index is 13.1. The highest BCUT2D eigenvalue weighted by Gasteiger charge is 2.31. The third-order valence-electron chi connectivity index (χ3n) is 5.33. The first kappa shape index (κ1) is 23.4. The molecule has 4 aromatic carbocycles. The Kier molecular flexibility index (Phi) is 5.64. The van der Waals surface area contributed by atoms with E-state index in [0.717, 1.165) is 24.3 Å². The fourth-order valence-corrected chi connectivity index (χ4v) is 4.92. The molecule has 1 atom stereocenters. The molecule has 0 spiro atoms. The van der Waals surface area contributed by atoms with Gasteiger partial charge in [-0.1, -0.05) is 30.3 Å². The smallest absolute Gasteiger partial charge is 0.504 e. The maximum Gasteiger partial charge on any atom is 0.573 e. The number of nitrogens with zero attached hydrogens (tertiary/aromatic N) is 1. The molecule has 0 fully saturated rings. The molecule has 0 amide bonds. The van der Waals surface area contributed by atoms with Crippen LogP contribution in [0.1, 0.15) is 0 Å². The summed E-state index contributed by atoms with van der Waals surface area (Å²) in [5, 5.41) is 11.2. The van der Waals surface area contributed by atoms with Crippen LogP contribution in [-0.2, 0) is 9.92 Å². The number of anilines is 4. The monoisotopic (exact) mass is 513 g/mol. The van der Waals surface area contributed by atoms with Gasteiger partial charge in [0.05, 0.1) is 27.6 Å². The van der Waals surface area contributed by atoms with E-state index in [4.69, 9.17) is 9.52 Å². The van der Waals surface area contributed by atoms with Crippen LogP contribution in [0.3, 0.4) is 0 Å². The van der Waals surface area contributed by atoms with Crippen LogP contribution in [0.2, 0.25) is 0 Å². The van der Waals surface area contributed by atoms with Crippen molar-refractivity contribution in [2.75, 3.05) is 9.62 Å². The molecular weight excluding hydrogens is 495 g/mol. The summed E-state index contributed by atoms with van der Waals surface area (Å²) in [7, 11) is -3.75. The molecule has 11 heteroatoms. The standard InChI is InChI=1S/C25H18F3N3O4S/c26-25(27,28)35-16-12-14-17(15-13-16)36(29,33)30-18-6-5-9-21(24(18)32)31-19-7-1-3-10-22(19)34-23-11-4-2-8-20(23)31/h1-15,32H,(H2,29,30,33). The van der Waals surface area contributed by atoms with Gasteiger partial charge in [-0.05, 0) is 60.7 Å². The average Bonchev–Trinajstić information content (AvgIpc) is 2.83. The summed E-state index contributed by atoms with van der Waals surface area (Å²) in [5.74, 6) is 0.357. The largest absolute Gasteiger partial charge is 0.573 e. The molecule has 0 aliphatic carbocycles. The number of alkyl halides is 3. The maximum atomic E-state index is 13.1. The summed E-state index contributed by atoms with van der Waals surface area (Å²) in [6.45, 7) is 0. The number of nitrogens with one attached hydrogen (secondary N) is 2. The van der Waals surface area contributed by atoms with Crippen LogP contribution in [0.5, 0.6) is 23.0 Å². The Morgan fingerprint density at radius 3 is 1.97 bits per heavy atom. The Morgan fingerprint density at radius 1 is 0.833 bits per heavy atom. The number of benzene rings is 4. The summed E-state index contributed by atoms with van der Waals surface area (Å²) in [6, 6.07) is 23.4. The molecule has 184 valence electrons. The van der Waals surface area contributed by atoms with E-state index in [1.54, 1.807) is 29.2 Å². The van der Waals surface area contributed by atoms with E-state index in [1.165, 1.54) is 6.07 Å². The Hall–Kier alpha value is -4.38. The number of ether oxygens (including phenoxy) is 2.